The molecule has 5 heteroatoms. The zero-order valence-electron chi connectivity index (χ0n) is 24.5. The molecule has 0 aliphatic carbocycles. The summed E-state index contributed by atoms with van der Waals surface area (Å²) in [5.74, 6) is 0. The fourth-order valence-electron chi connectivity index (χ4n) is 5.68. The predicted octanol–water partition coefficient (Wildman–Crippen LogP) is 9.65. The number of aryl methyl sites for hydroxylation is 1. The van der Waals surface area contributed by atoms with Crippen LogP contribution in [-0.2, 0) is 7.05 Å². The fraction of sp³-hybridized carbons (Fsp3) is 0.0256. The third-order valence-corrected chi connectivity index (χ3v) is 7.95. The van der Waals surface area contributed by atoms with E-state index in [0.717, 1.165) is 17.4 Å². The topological polar surface area (TPSA) is 66.3 Å². The zero-order chi connectivity index (χ0) is 30.6. The summed E-state index contributed by atoms with van der Waals surface area (Å²) in [5, 5.41) is 21.1. The molecule has 2 N–H and O–H groups in total. The molecule has 5 nitrogen and oxygen atoms in total. The molecule has 7 rings (SSSR count). The van der Waals surface area contributed by atoms with Gasteiger partial charge in [-0.3, -0.25) is 10.4 Å². The van der Waals surface area contributed by atoms with E-state index in [1.54, 1.807) is 0 Å². The molecule has 0 radical (unpaired) electrons. The van der Waals surface area contributed by atoms with Crippen LogP contribution in [0, 0.1) is 5.41 Å². The van der Waals surface area contributed by atoms with Gasteiger partial charge in [0.1, 0.15) is 12.0 Å². The van der Waals surface area contributed by atoms with Crippen molar-refractivity contribution in [1.82, 2.24) is 9.13 Å². The minimum absolute atomic E-state index is 0.201. The number of hydrogen-bond donors (Lipinski definition) is 2. The maximum atomic E-state index is 9.03. The van der Waals surface area contributed by atoms with Crippen molar-refractivity contribution in [2.24, 2.45) is 12.0 Å². The highest BCUT2D eigenvalue weighted by atomic mass is 16.2. The quantitative estimate of drug-likeness (QED) is 0.116. The van der Waals surface area contributed by atoms with Gasteiger partial charge in [0.2, 0.25) is 0 Å². The number of aliphatic imine (C=N–C) groups is 1. The second kappa shape index (κ2) is 12.1. The molecule has 2 heterocycles. The van der Waals surface area contributed by atoms with Crippen LogP contribution in [0.25, 0.3) is 49.5 Å². The van der Waals surface area contributed by atoms with E-state index in [9.17, 15) is 0 Å². The number of fused-ring (bicyclic) bond motifs is 5. The molecule has 0 spiro atoms. The van der Waals surface area contributed by atoms with Gasteiger partial charge in [-0.1, -0.05) is 104 Å². The Morgan fingerprint density at radius 1 is 0.705 bits per heavy atom. The van der Waals surface area contributed by atoms with E-state index in [4.69, 9.17) is 10.5 Å². The second-order valence-electron chi connectivity index (χ2n) is 10.5. The number of allylic oxidation sites excluding steroid dienone is 1. The Morgan fingerprint density at radius 2 is 1.34 bits per heavy atom. The average Bonchev–Trinajstić information content (AvgIpc) is 3.65. The highest BCUT2D eigenvalue weighted by Crippen LogP contribution is 2.34. The monoisotopic (exact) mass is 572 g/mol. The van der Waals surface area contributed by atoms with Gasteiger partial charge in [-0.25, -0.2) is 0 Å². The Labute approximate surface area is 256 Å². The number of nitrogens with zero attached hydrogens (tertiary/aromatic N) is 3. The van der Waals surface area contributed by atoms with Gasteiger partial charge in [-0.05, 0) is 48.2 Å². The molecule has 0 unspecified atom stereocenters. The lowest BCUT2D eigenvalue weighted by Crippen LogP contribution is -2.04. The lowest BCUT2D eigenvalue weighted by Gasteiger charge is -2.08. The second-order valence-corrected chi connectivity index (χ2v) is 10.5. The van der Waals surface area contributed by atoms with Gasteiger partial charge in [-0.2, -0.15) is 0 Å². The lowest BCUT2D eigenvalue weighted by atomic mass is 9.98. The van der Waals surface area contributed by atoms with Crippen molar-refractivity contribution < 1.29 is 5.11 Å². The first-order valence-electron chi connectivity index (χ1n) is 14.3. The number of para-hydroxylation sites is 2. The van der Waals surface area contributed by atoms with E-state index in [2.05, 4.69) is 113 Å². The van der Waals surface area contributed by atoms with Crippen molar-refractivity contribution in [3.63, 3.8) is 0 Å². The molecule has 0 saturated carbocycles. The standard InChI is InChI=1S/C21H16N2.C18H16N2O/c1-22-19-10-6-5-9-16(19)17-11-12-20-18(21(17)22)13-14-23(20)15-7-3-2-4-8-15;1-13(17(12-21)20-2)18(19)16-10-8-15(9-11-16)14-6-4-3-5-7-14/h2-14H,1H3;3-12,19,21H,1-2H2/b;17-12+,19-18?. The maximum absolute atomic E-state index is 9.03. The van der Waals surface area contributed by atoms with Crippen molar-refractivity contribution >= 4 is 45.1 Å². The van der Waals surface area contributed by atoms with Crippen LogP contribution in [0.1, 0.15) is 5.56 Å². The number of aliphatic hydroxyl groups excluding tert-OH is 1. The van der Waals surface area contributed by atoms with Crippen LogP contribution in [0.4, 0.5) is 0 Å². The predicted molar refractivity (Wildman–Crippen MR) is 185 cm³/mol. The molecule has 44 heavy (non-hydrogen) atoms. The zero-order valence-corrected chi connectivity index (χ0v) is 24.5. The largest absolute Gasteiger partial charge is 0.513 e. The van der Waals surface area contributed by atoms with Gasteiger partial charge in [0.05, 0.1) is 16.7 Å². The van der Waals surface area contributed by atoms with Crippen LogP contribution in [-0.4, -0.2) is 26.7 Å². The van der Waals surface area contributed by atoms with E-state index in [1.165, 1.54) is 38.4 Å². The van der Waals surface area contributed by atoms with E-state index in [1.807, 2.05) is 54.6 Å². The van der Waals surface area contributed by atoms with Gasteiger partial charge >= 0.3 is 0 Å². The molecular formula is C39H32N4O. The van der Waals surface area contributed by atoms with Gasteiger partial charge in [-0.15, -0.1) is 0 Å². The van der Waals surface area contributed by atoms with Crippen LogP contribution < -0.4 is 0 Å². The number of benzene rings is 5. The lowest BCUT2D eigenvalue weighted by molar-refractivity contribution is 0.468. The number of aliphatic hydroxyl groups is 1. The minimum atomic E-state index is 0.201. The Bertz CT molecular complexity index is 2170. The van der Waals surface area contributed by atoms with Gasteiger partial charge < -0.3 is 14.2 Å². The van der Waals surface area contributed by atoms with E-state index >= 15 is 0 Å². The van der Waals surface area contributed by atoms with Crippen LogP contribution in [0.15, 0.2) is 163 Å². The number of aromatic nitrogens is 2. The van der Waals surface area contributed by atoms with Crippen LogP contribution in [0.3, 0.4) is 0 Å². The third kappa shape index (κ3) is 5.12. The summed E-state index contributed by atoms with van der Waals surface area (Å²) in [6, 6.07) is 43.5. The highest BCUT2D eigenvalue weighted by Gasteiger charge is 2.13. The summed E-state index contributed by atoms with van der Waals surface area (Å²) in [7, 11) is 2.16. The Hall–Kier alpha value is -5.94. The number of hydrogen-bond acceptors (Lipinski definition) is 3. The molecule has 0 saturated heterocycles. The van der Waals surface area contributed by atoms with Crippen LogP contribution in [0.2, 0.25) is 0 Å². The fourth-order valence-corrected chi connectivity index (χ4v) is 5.68. The molecule has 7 aromatic rings. The maximum Gasteiger partial charge on any atom is 0.105 e. The SMILES string of the molecule is C=N/C(=C/O)C(=C)C(=N)c1ccc(-c2ccccc2)cc1.Cn1c2ccccc2c2ccc3c(ccn3-c3ccccc3)c21. The van der Waals surface area contributed by atoms with E-state index < -0.39 is 0 Å². The molecule has 0 aliphatic heterocycles. The number of rotatable bonds is 6. The van der Waals surface area contributed by atoms with Crippen molar-refractivity contribution in [1.29, 1.82) is 5.41 Å². The Morgan fingerprint density at radius 3 is 2.02 bits per heavy atom. The Kier molecular flexibility index (Phi) is 7.76. The summed E-state index contributed by atoms with van der Waals surface area (Å²) in [5.41, 5.74) is 8.68. The van der Waals surface area contributed by atoms with Gasteiger partial charge in [0.25, 0.3) is 0 Å². The minimum Gasteiger partial charge on any atom is -0.513 e. The first-order valence-corrected chi connectivity index (χ1v) is 14.3. The van der Waals surface area contributed by atoms with Gasteiger partial charge in [0, 0.05) is 51.7 Å². The van der Waals surface area contributed by atoms with Crippen molar-refractivity contribution in [3.05, 3.63) is 163 Å². The smallest absolute Gasteiger partial charge is 0.105 e. The summed E-state index contributed by atoms with van der Waals surface area (Å²) in [6.45, 7) is 7.11. The summed E-state index contributed by atoms with van der Waals surface area (Å²) < 4.78 is 4.56. The normalized spacial score (nSPS) is 11.3. The van der Waals surface area contributed by atoms with Crippen LogP contribution >= 0.6 is 0 Å². The van der Waals surface area contributed by atoms with E-state index in [-0.39, 0.29) is 11.4 Å². The molecule has 0 fully saturated rings. The third-order valence-electron chi connectivity index (χ3n) is 7.95. The first kappa shape index (κ1) is 28.2. The van der Waals surface area contributed by atoms with Crippen molar-refractivity contribution in [3.8, 4) is 16.8 Å². The Balaban J connectivity index is 0.000000157. The number of nitrogens with one attached hydrogen (secondary N) is 1. The summed E-state index contributed by atoms with van der Waals surface area (Å²) in [6.07, 6.45) is 2.97. The molecule has 2 aromatic heterocycles. The summed E-state index contributed by atoms with van der Waals surface area (Å²) >= 11 is 0. The molecule has 0 bridgehead atoms. The molecule has 5 aromatic carbocycles. The molecule has 0 atom stereocenters. The van der Waals surface area contributed by atoms with E-state index in [0.29, 0.717) is 11.1 Å². The first-order chi connectivity index (χ1) is 21.5. The van der Waals surface area contributed by atoms with Crippen LogP contribution in [0.5, 0.6) is 0 Å². The highest BCUT2D eigenvalue weighted by molar-refractivity contribution is 6.17. The average molecular weight is 573 g/mol. The molecule has 214 valence electrons. The molecular weight excluding hydrogens is 540 g/mol. The van der Waals surface area contributed by atoms with Crippen molar-refractivity contribution in [2.45, 2.75) is 0 Å². The van der Waals surface area contributed by atoms with Crippen molar-refractivity contribution in [2.75, 3.05) is 0 Å². The molecule has 0 amide bonds. The molecule has 0 aliphatic rings. The van der Waals surface area contributed by atoms with Gasteiger partial charge in [0.15, 0.2) is 0 Å². The summed E-state index contributed by atoms with van der Waals surface area (Å²) in [4.78, 5) is 3.64.